The Morgan fingerprint density at radius 2 is 2.10 bits per heavy atom. The van der Waals surface area contributed by atoms with E-state index < -0.39 is 0 Å². The highest BCUT2D eigenvalue weighted by atomic mass is 32.2. The highest BCUT2D eigenvalue weighted by molar-refractivity contribution is 7.99. The maximum atomic E-state index is 4.54. The molecule has 0 aliphatic heterocycles. The van der Waals surface area contributed by atoms with E-state index in [4.69, 9.17) is 0 Å². The number of benzene rings is 1. The van der Waals surface area contributed by atoms with Gasteiger partial charge in [0, 0.05) is 7.05 Å². The predicted octanol–water partition coefficient (Wildman–Crippen LogP) is 2.39. The Labute approximate surface area is 118 Å². The Morgan fingerprint density at radius 1 is 1.20 bits per heavy atom. The molecule has 4 aromatic rings. The SMILES string of the molecule is Cn1ncc2c(Sc3nc4ccccc4[nH]3)ncnc21. The number of aryl methyl sites for hydroxylation is 1. The quantitative estimate of drug-likeness (QED) is 0.571. The molecule has 0 radical (unpaired) electrons. The first-order chi connectivity index (χ1) is 9.81. The number of hydrogen-bond donors (Lipinski definition) is 1. The van der Waals surface area contributed by atoms with Gasteiger partial charge >= 0.3 is 0 Å². The molecule has 0 aliphatic carbocycles. The maximum absolute atomic E-state index is 4.54. The van der Waals surface area contributed by atoms with Gasteiger partial charge in [0.15, 0.2) is 10.8 Å². The van der Waals surface area contributed by atoms with Gasteiger partial charge < -0.3 is 4.98 Å². The van der Waals surface area contributed by atoms with Crippen LogP contribution in [0, 0.1) is 0 Å². The van der Waals surface area contributed by atoms with Crippen LogP contribution in [0.3, 0.4) is 0 Å². The fraction of sp³-hybridized carbons (Fsp3) is 0.0769. The number of aromatic nitrogens is 6. The van der Waals surface area contributed by atoms with Crippen molar-refractivity contribution < 1.29 is 0 Å². The van der Waals surface area contributed by atoms with Gasteiger partial charge in [0.1, 0.15) is 11.4 Å². The number of nitrogens with one attached hydrogen (secondary N) is 1. The first-order valence-electron chi connectivity index (χ1n) is 6.06. The molecule has 0 saturated heterocycles. The first kappa shape index (κ1) is 11.4. The Balaban J connectivity index is 1.80. The Morgan fingerprint density at radius 3 is 3.00 bits per heavy atom. The maximum Gasteiger partial charge on any atom is 0.172 e. The lowest BCUT2D eigenvalue weighted by molar-refractivity contribution is 0.784. The number of aromatic amines is 1. The van der Waals surface area contributed by atoms with Gasteiger partial charge in [0.2, 0.25) is 0 Å². The summed E-state index contributed by atoms with van der Waals surface area (Å²) in [6, 6.07) is 7.95. The molecule has 0 spiro atoms. The molecular formula is C13H10N6S. The van der Waals surface area contributed by atoms with Gasteiger partial charge in [-0.25, -0.2) is 15.0 Å². The molecule has 0 bridgehead atoms. The third kappa shape index (κ3) is 1.75. The monoisotopic (exact) mass is 282 g/mol. The molecule has 1 aromatic carbocycles. The van der Waals surface area contributed by atoms with Crippen LogP contribution in [0.5, 0.6) is 0 Å². The predicted molar refractivity (Wildman–Crippen MR) is 76.5 cm³/mol. The van der Waals surface area contributed by atoms with Gasteiger partial charge in [-0.2, -0.15) is 5.10 Å². The van der Waals surface area contributed by atoms with Crippen molar-refractivity contribution in [2.45, 2.75) is 10.2 Å². The second-order valence-corrected chi connectivity index (χ2v) is 5.32. The Hall–Kier alpha value is -2.41. The lowest BCUT2D eigenvalue weighted by atomic mass is 10.3. The Bertz CT molecular complexity index is 876. The summed E-state index contributed by atoms with van der Waals surface area (Å²) in [5, 5.41) is 6.81. The third-order valence-corrected chi connectivity index (χ3v) is 3.96. The summed E-state index contributed by atoms with van der Waals surface area (Å²) in [5.41, 5.74) is 2.79. The zero-order valence-electron chi connectivity index (χ0n) is 10.6. The largest absolute Gasteiger partial charge is 0.333 e. The summed E-state index contributed by atoms with van der Waals surface area (Å²) in [4.78, 5) is 16.4. The highest BCUT2D eigenvalue weighted by Crippen LogP contribution is 2.30. The smallest absolute Gasteiger partial charge is 0.172 e. The molecular weight excluding hydrogens is 272 g/mol. The van der Waals surface area contributed by atoms with Crippen molar-refractivity contribution in [2.75, 3.05) is 0 Å². The van der Waals surface area contributed by atoms with E-state index in [9.17, 15) is 0 Å². The van der Waals surface area contributed by atoms with Crippen LogP contribution < -0.4 is 0 Å². The van der Waals surface area contributed by atoms with E-state index >= 15 is 0 Å². The lowest BCUT2D eigenvalue weighted by Gasteiger charge is -1.98. The summed E-state index contributed by atoms with van der Waals surface area (Å²) in [5.74, 6) is 0. The van der Waals surface area contributed by atoms with Crippen LogP contribution in [-0.4, -0.2) is 29.7 Å². The zero-order valence-corrected chi connectivity index (χ0v) is 11.4. The van der Waals surface area contributed by atoms with Crippen LogP contribution in [0.1, 0.15) is 0 Å². The summed E-state index contributed by atoms with van der Waals surface area (Å²) in [7, 11) is 1.87. The van der Waals surface area contributed by atoms with Crippen LogP contribution >= 0.6 is 11.8 Å². The van der Waals surface area contributed by atoms with Gasteiger partial charge in [-0.3, -0.25) is 4.68 Å². The molecule has 3 aromatic heterocycles. The number of imidazole rings is 1. The van der Waals surface area contributed by atoms with Crippen LogP contribution in [0.25, 0.3) is 22.1 Å². The van der Waals surface area contributed by atoms with E-state index in [1.807, 2.05) is 31.3 Å². The fourth-order valence-electron chi connectivity index (χ4n) is 2.09. The molecule has 4 rings (SSSR count). The minimum Gasteiger partial charge on any atom is -0.333 e. The van der Waals surface area contributed by atoms with Crippen molar-refractivity contribution in [2.24, 2.45) is 7.05 Å². The molecule has 0 unspecified atom stereocenters. The van der Waals surface area contributed by atoms with E-state index in [0.29, 0.717) is 0 Å². The molecule has 0 atom stereocenters. The standard InChI is InChI=1S/C13H10N6S/c1-19-11-8(6-16-19)12(15-7-14-11)20-13-17-9-4-2-3-5-10(9)18-13/h2-7H,1H3,(H,17,18). The van der Waals surface area contributed by atoms with Crippen LogP contribution in [0.15, 0.2) is 47.0 Å². The van der Waals surface area contributed by atoms with Crippen LogP contribution in [0.4, 0.5) is 0 Å². The average molecular weight is 282 g/mol. The fourth-order valence-corrected chi connectivity index (χ4v) is 2.93. The molecule has 0 aliphatic rings. The number of H-pyrrole nitrogens is 1. The molecule has 20 heavy (non-hydrogen) atoms. The van der Waals surface area contributed by atoms with Crippen molar-refractivity contribution in [3.63, 3.8) is 0 Å². The molecule has 0 saturated carbocycles. The number of hydrogen-bond acceptors (Lipinski definition) is 5. The van der Waals surface area contributed by atoms with E-state index in [0.717, 1.165) is 32.2 Å². The minimum absolute atomic E-state index is 0.815. The van der Waals surface area contributed by atoms with Gasteiger partial charge in [-0.1, -0.05) is 12.1 Å². The molecule has 0 fully saturated rings. The van der Waals surface area contributed by atoms with E-state index in [1.54, 1.807) is 17.2 Å². The second-order valence-electron chi connectivity index (χ2n) is 4.35. The second kappa shape index (κ2) is 4.31. The number of nitrogens with zero attached hydrogens (tertiary/aromatic N) is 5. The van der Waals surface area contributed by atoms with Crippen LogP contribution in [-0.2, 0) is 7.05 Å². The molecule has 98 valence electrons. The first-order valence-corrected chi connectivity index (χ1v) is 6.88. The molecule has 0 amide bonds. The van der Waals surface area contributed by atoms with E-state index in [-0.39, 0.29) is 0 Å². The van der Waals surface area contributed by atoms with Crippen molar-refractivity contribution >= 4 is 33.8 Å². The summed E-state index contributed by atoms with van der Waals surface area (Å²) >= 11 is 1.49. The van der Waals surface area contributed by atoms with Crippen molar-refractivity contribution in [1.82, 2.24) is 29.7 Å². The summed E-state index contributed by atoms with van der Waals surface area (Å²) in [6.07, 6.45) is 3.33. The molecule has 3 heterocycles. The van der Waals surface area contributed by atoms with Crippen molar-refractivity contribution in [3.05, 3.63) is 36.8 Å². The Kier molecular flexibility index (Phi) is 2.46. The summed E-state index contributed by atoms with van der Waals surface area (Å²) in [6.45, 7) is 0. The number of rotatable bonds is 2. The normalized spacial score (nSPS) is 11.4. The van der Waals surface area contributed by atoms with Gasteiger partial charge in [-0.05, 0) is 23.9 Å². The zero-order chi connectivity index (χ0) is 13.5. The highest BCUT2D eigenvalue weighted by Gasteiger charge is 2.11. The van der Waals surface area contributed by atoms with Gasteiger partial charge in [0.25, 0.3) is 0 Å². The summed E-state index contributed by atoms with van der Waals surface area (Å²) < 4.78 is 1.74. The van der Waals surface area contributed by atoms with Gasteiger partial charge in [-0.15, -0.1) is 0 Å². The molecule has 6 nitrogen and oxygen atoms in total. The van der Waals surface area contributed by atoms with Crippen LogP contribution in [0.2, 0.25) is 0 Å². The topological polar surface area (TPSA) is 72.3 Å². The van der Waals surface area contributed by atoms with E-state index in [2.05, 4.69) is 25.0 Å². The molecule has 1 N–H and O–H groups in total. The number of fused-ring (bicyclic) bond motifs is 2. The molecule has 7 heteroatoms. The lowest BCUT2D eigenvalue weighted by Crippen LogP contribution is -1.92. The average Bonchev–Trinajstić information content (AvgIpc) is 3.03. The minimum atomic E-state index is 0.815. The van der Waals surface area contributed by atoms with E-state index in [1.165, 1.54) is 11.8 Å². The number of para-hydroxylation sites is 2. The van der Waals surface area contributed by atoms with Crippen molar-refractivity contribution in [1.29, 1.82) is 0 Å². The van der Waals surface area contributed by atoms with Crippen molar-refractivity contribution in [3.8, 4) is 0 Å². The van der Waals surface area contributed by atoms with Gasteiger partial charge in [0.05, 0.1) is 22.6 Å². The third-order valence-electron chi connectivity index (χ3n) is 3.05.